The van der Waals surface area contributed by atoms with Gasteiger partial charge in [-0.1, -0.05) is 6.58 Å². The molecular formula is C11H16O4. The van der Waals surface area contributed by atoms with Crippen molar-refractivity contribution in [1.29, 1.82) is 0 Å². The Morgan fingerprint density at radius 3 is 2.87 bits per heavy atom. The number of rotatable bonds is 3. The lowest BCUT2D eigenvalue weighted by molar-refractivity contribution is -0.153. The third-order valence-corrected chi connectivity index (χ3v) is 3.12. The molecule has 0 spiro atoms. The molecule has 4 nitrogen and oxygen atoms in total. The molecule has 2 aliphatic rings. The van der Waals surface area contributed by atoms with Gasteiger partial charge in [0.2, 0.25) is 0 Å². The fraction of sp³-hybridized carbons (Fsp3) is 0.727. The molecule has 84 valence electrons. The molecule has 2 rings (SSSR count). The largest absolute Gasteiger partial charge is 0.456 e. The topological polar surface area (TPSA) is 59.1 Å². The van der Waals surface area contributed by atoms with E-state index < -0.39 is 18.2 Å². The van der Waals surface area contributed by atoms with Crippen molar-refractivity contribution in [3.8, 4) is 0 Å². The second-order valence-corrected chi connectivity index (χ2v) is 4.19. The van der Waals surface area contributed by atoms with Crippen LogP contribution >= 0.6 is 0 Å². The van der Waals surface area contributed by atoms with Gasteiger partial charge in [-0.15, -0.1) is 0 Å². The fourth-order valence-corrected chi connectivity index (χ4v) is 2.13. The third-order valence-electron chi connectivity index (χ3n) is 3.12. The van der Waals surface area contributed by atoms with Crippen LogP contribution in [0.5, 0.6) is 0 Å². The van der Waals surface area contributed by atoms with E-state index in [1.807, 2.05) is 0 Å². The number of hydrogen-bond donors (Lipinski definition) is 1. The molecule has 1 heterocycles. The average Bonchev–Trinajstić information content (AvgIpc) is 3.04. The SMILES string of the molecule is C=CC(=O)OC1CC(C2CO2)CCC1O. The molecule has 1 saturated heterocycles. The molecule has 15 heavy (non-hydrogen) atoms. The molecular weight excluding hydrogens is 196 g/mol. The molecule has 0 aromatic heterocycles. The van der Waals surface area contributed by atoms with Gasteiger partial charge >= 0.3 is 5.97 Å². The highest BCUT2D eigenvalue weighted by molar-refractivity contribution is 5.81. The van der Waals surface area contributed by atoms with E-state index in [0.29, 0.717) is 24.9 Å². The Hall–Kier alpha value is -0.870. The molecule has 4 unspecified atom stereocenters. The van der Waals surface area contributed by atoms with E-state index in [-0.39, 0.29) is 0 Å². The molecule has 1 saturated carbocycles. The van der Waals surface area contributed by atoms with Gasteiger partial charge in [0, 0.05) is 6.08 Å². The lowest BCUT2D eigenvalue weighted by Gasteiger charge is -2.31. The number of epoxide rings is 1. The summed E-state index contributed by atoms with van der Waals surface area (Å²) in [6.45, 7) is 4.15. The summed E-state index contributed by atoms with van der Waals surface area (Å²) < 4.78 is 10.3. The molecule has 1 aliphatic heterocycles. The van der Waals surface area contributed by atoms with E-state index in [9.17, 15) is 9.90 Å². The molecule has 0 bridgehead atoms. The molecule has 4 heteroatoms. The van der Waals surface area contributed by atoms with Gasteiger partial charge in [0.25, 0.3) is 0 Å². The Labute approximate surface area is 88.9 Å². The molecule has 2 fully saturated rings. The zero-order valence-electron chi connectivity index (χ0n) is 8.59. The van der Waals surface area contributed by atoms with Crippen LogP contribution in [0, 0.1) is 5.92 Å². The van der Waals surface area contributed by atoms with Gasteiger partial charge in [0.1, 0.15) is 6.10 Å². The summed E-state index contributed by atoms with van der Waals surface area (Å²) in [7, 11) is 0. The minimum Gasteiger partial charge on any atom is -0.456 e. The number of hydrogen-bond acceptors (Lipinski definition) is 4. The predicted octanol–water partition coefficient (Wildman–Crippen LogP) is 0.644. The minimum atomic E-state index is -0.538. The molecule has 0 aromatic carbocycles. The van der Waals surface area contributed by atoms with Crippen LogP contribution in [0.15, 0.2) is 12.7 Å². The Kier molecular flexibility index (Phi) is 3.07. The summed E-state index contributed by atoms with van der Waals surface area (Å²) in [4.78, 5) is 11.0. The van der Waals surface area contributed by atoms with Crippen LogP contribution < -0.4 is 0 Å². The molecule has 1 aliphatic carbocycles. The first kappa shape index (κ1) is 10.6. The number of aliphatic hydroxyl groups is 1. The summed E-state index contributed by atoms with van der Waals surface area (Å²) in [5.74, 6) is -0.0348. The predicted molar refractivity (Wildman–Crippen MR) is 53.2 cm³/mol. The number of carbonyl (C=O) groups excluding carboxylic acids is 1. The van der Waals surface area contributed by atoms with Crippen molar-refractivity contribution < 1.29 is 19.4 Å². The van der Waals surface area contributed by atoms with Gasteiger partial charge < -0.3 is 14.6 Å². The summed E-state index contributed by atoms with van der Waals surface area (Å²) in [6, 6.07) is 0. The maximum absolute atomic E-state index is 11.0. The molecule has 4 atom stereocenters. The van der Waals surface area contributed by atoms with Gasteiger partial charge in [0.05, 0.1) is 18.8 Å². The second-order valence-electron chi connectivity index (χ2n) is 4.19. The number of carbonyl (C=O) groups is 1. The number of aliphatic hydroxyl groups excluding tert-OH is 1. The Bertz CT molecular complexity index is 259. The highest BCUT2D eigenvalue weighted by Crippen LogP contribution is 2.34. The lowest BCUT2D eigenvalue weighted by atomic mass is 9.83. The van der Waals surface area contributed by atoms with E-state index >= 15 is 0 Å². The Morgan fingerprint density at radius 1 is 1.53 bits per heavy atom. The van der Waals surface area contributed by atoms with Crippen molar-refractivity contribution in [1.82, 2.24) is 0 Å². The molecule has 1 N–H and O–H groups in total. The summed E-state index contributed by atoms with van der Waals surface area (Å²) in [6.07, 6.45) is 2.85. The monoisotopic (exact) mass is 212 g/mol. The minimum absolute atomic E-state index is 0.322. The van der Waals surface area contributed by atoms with Crippen LogP contribution in [-0.2, 0) is 14.3 Å². The van der Waals surface area contributed by atoms with Crippen molar-refractivity contribution in [2.75, 3.05) is 6.61 Å². The van der Waals surface area contributed by atoms with Crippen LogP contribution in [0.1, 0.15) is 19.3 Å². The van der Waals surface area contributed by atoms with Crippen LogP contribution in [0.25, 0.3) is 0 Å². The average molecular weight is 212 g/mol. The standard InChI is InChI=1S/C11H16O4/c1-2-11(13)15-9-5-7(10-6-14-10)3-4-8(9)12/h2,7-10,12H,1,3-6H2. The van der Waals surface area contributed by atoms with Gasteiger partial charge in [0.15, 0.2) is 0 Å². The smallest absolute Gasteiger partial charge is 0.330 e. The van der Waals surface area contributed by atoms with E-state index in [2.05, 4.69) is 6.58 Å². The van der Waals surface area contributed by atoms with Gasteiger partial charge in [-0.3, -0.25) is 0 Å². The zero-order chi connectivity index (χ0) is 10.8. The first-order valence-electron chi connectivity index (χ1n) is 5.33. The second kappa shape index (κ2) is 4.33. The number of esters is 1. The normalized spacial score (nSPS) is 39.5. The fourth-order valence-electron chi connectivity index (χ4n) is 2.13. The van der Waals surface area contributed by atoms with E-state index in [0.717, 1.165) is 19.1 Å². The van der Waals surface area contributed by atoms with E-state index in [1.54, 1.807) is 0 Å². The zero-order valence-corrected chi connectivity index (χ0v) is 8.59. The van der Waals surface area contributed by atoms with Crippen LogP contribution in [0.3, 0.4) is 0 Å². The van der Waals surface area contributed by atoms with Crippen molar-refractivity contribution in [2.45, 2.75) is 37.6 Å². The molecule has 0 radical (unpaired) electrons. The third kappa shape index (κ3) is 2.58. The highest BCUT2D eigenvalue weighted by Gasteiger charge is 2.40. The Morgan fingerprint density at radius 2 is 2.27 bits per heavy atom. The first-order chi connectivity index (χ1) is 7.20. The number of ether oxygens (including phenoxy) is 2. The highest BCUT2D eigenvalue weighted by atomic mass is 16.6. The van der Waals surface area contributed by atoms with Crippen molar-refractivity contribution in [2.24, 2.45) is 5.92 Å². The van der Waals surface area contributed by atoms with Crippen LogP contribution in [0.2, 0.25) is 0 Å². The van der Waals surface area contributed by atoms with Crippen LogP contribution in [-0.4, -0.2) is 36.0 Å². The Balaban J connectivity index is 1.89. The maximum atomic E-state index is 11.0. The van der Waals surface area contributed by atoms with E-state index in [4.69, 9.17) is 9.47 Å². The van der Waals surface area contributed by atoms with Gasteiger partial charge in [-0.05, 0) is 25.2 Å². The molecule has 0 amide bonds. The van der Waals surface area contributed by atoms with Crippen LogP contribution in [0.4, 0.5) is 0 Å². The lowest BCUT2D eigenvalue weighted by Crippen LogP contribution is -2.38. The quantitative estimate of drug-likeness (QED) is 0.424. The van der Waals surface area contributed by atoms with Gasteiger partial charge in [-0.2, -0.15) is 0 Å². The van der Waals surface area contributed by atoms with E-state index in [1.165, 1.54) is 0 Å². The van der Waals surface area contributed by atoms with Crippen molar-refractivity contribution >= 4 is 5.97 Å². The maximum Gasteiger partial charge on any atom is 0.330 e. The summed E-state index contributed by atoms with van der Waals surface area (Å²) >= 11 is 0. The van der Waals surface area contributed by atoms with Crippen molar-refractivity contribution in [3.63, 3.8) is 0 Å². The first-order valence-corrected chi connectivity index (χ1v) is 5.33. The molecule has 0 aromatic rings. The summed E-state index contributed by atoms with van der Waals surface area (Å²) in [5.41, 5.74) is 0. The van der Waals surface area contributed by atoms with Gasteiger partial charge in [-0.25, -0.2) is 4.79 Å². The van der Waals surface area contributed by atoms with Crippen molar-refractivity contribution in [3.05, 3.63) is 12.7 Å². The summed E-state index contributed by atoms with van der Waals surface area (Å²) in [5, 5.41) is 9.68.